The highest BCUT2D eigenvalue weighted by atomic mass is 16.3. The third-order valence-electron chi connectivity index (χ3n) is 5.60. The molecule has 134 valence electrons. The minimum absolute atomic E-state index is 0.141. The molecule has 0 radical (unpaired) electrons. The highest BCUT2D eigenvalue weighted by Gasteiger charge is 2.36. The molecule has 2 aromatic carbocycles. The van der Waals surface area contributed by atoms with Crippen molar-refractivity contribution >= 4 is 22.4 Å². The summed E-state index contributed by atoms with van der Waals surface area (Å²) >= 11 is 0. The van der Waals surface area contributed by atoms with Crippen molar-refractivity contribution in [3.63, 3.8) is 0 Å². The number of anilines is 1. The Balaban J connectivity index is 1.82. The number of benzene rings is 2. The van der Waals surface area contributed by atoms with Gasteiger partial charge in [0.15, 0.2) is 5.78 Å². The monoisotopic (exact) mass is 356 g/mol. The van der Waals surface area contributed by atoms with E-state index in [1.165, 1.54) is 0 Å². The SMILES string of the molecule is Cc1ccc2c3c(ccc2n1)NC1=C(C(=O)CCC1)C3c1ccc(O)cc1. The van der Waals surface area contributed by atoms with Gasteiger partial charge in [0.1, 0.15) is 5.75 Å². The van der Waals surface area contributed by atoms with E-state index >= 15 is 0 Å². The minimum Gasteiger partial charge on any atom is -0.508 e. The van der Waals surface area contributed by atoms with Crippen molar-refractivity contribution in [1.82, 2.24) is 4.98 Å². The number of Topliss-reactive ketones (excluding diaryl/α,β-unsaturated/α-hetero) is 1. The van der Waals surface area contributed by atoms with Crippen molar-refractivity contribution in [3.05, 3.63) is 76.6 Å². The highest BCUT2D eigenvalue weighted by Crippen LogP contribution is 2.47. The van der Waals surface area contributed by atoms with Gasteiger partial charge in [-0.25, -0.2) is 0 Å². The molecule has 1 aromatic heterocycles. The van der Waals surface area contributed by atoms with Gasteiger partial charge in [-0.3, -0.25) is 9.78 Å². The molecule has 0 amide bonds. The smallest absolute Gasteiger partial charge is 0.161 e. The number of rotatable bonds is 1. The van der Waals surface area contributed by atoms with Crippen molar-refractivity contribution in [3.8, 4) is 5.75 Å². The number of aromatic nitrogens is 1. The molecule has 4 nitrogen and oxygen atoms in total. The number of allylic oxidation sites excluding steroid dienone is 2. The maximum absolute atomic E-state index is 12.9. The molecule has 1 atom stereocenters. The minimum atomic E-state index is -0.141. The van der Waals surface area contributed by atoms with Crippen LogP contribution in [0, 0.1) is 6.92 Å². The number of carbonyl (C=O) groups excluding carboxylic acids is 1. The fraction of sp³-hybridized carbons (Fsp3) is 0.217. The number of phenolic OH excluding ortho intramolecular Hbond substituents is 1. The summed E-state index contributed by atoms with van der Waals surface area (Å²) in [6.07, 6.45) is 2.36. The van der Waals surface area contributed by atoms with Crippen molar-refractivity contribution < 1.29 is 9.90 Å². The number of nitrogens with zero attached hydrogens (tertiary/aromatic N) is 1. The van der Waals surface area contributed by atoms with Gasteiger partial charge in [-0.05, 0) is 61.2 Å². The first-order chi connectivity index (χ1) is 13.1. The number of aromatic hydroxyl groups is 1. The van der Waals surface area contributed by atoms with Crippen LogP contribution in [0.15, 0.2) is 59.8 Å². The zero-order valence-corrected chi connectivity index (χ0v) is 15.1. The van der Waals surface area contributed by atoms with Crippen molar-refractivity contribution in [2.75, 3.05) is 5.32 Å². The second kappa shape index (κ2) is 5.95. The first-order valence-corrected chi connectivity index (χ1v) is 9.34. The fourth-order valence-corrected chi connectivity index (χ4v) is 4.38. The molecule has 2 aliphatic rings. The van der Waals surface area contributed by atoms with E-state index in [1.54, 1.807) is 12.1 Å². The molecular formula is C23H20N2O2. The Morgan fingerprint density at radius 1 is 1.04 bits per heavy atom. The molecule has 27 heavy (non-hydrogen) atoms. The van der Waals surface area contributed by atoms with Gasteiger partial charge in [0.25, 0.3) is 0 Å². The number of nitrogens with one attached hydrogen (secondary N) is 1. The van der Waals surface area contributed by atoms with Gasteiger partial charge in [0.2, 0.25) is 0 Å². The Kier molecular flexibility index (Phi) is 3.54. The van der Waals surface area contributed by atoms with Gasteiger partial charge >= 0.3 is 0 Å². The van der Waals surface area contributed by atoms with Gasteiger partial charge in [0, 0.05) is 40.4 Å². The molecule has 4 heteroatoms. The maximum Gasteiger partial charge on any atom is 0.161 e. The fourth-order valence-electron chi connectivity index (χ4n) is 4.38. The summed E-state index contributed by atoms with van der Waals surface area (Å²) < 4.78 is 0. The number of aryl methyl sites for hydroxylation is 1. The quantitative estimate of drug-likeness (QED) is 0.657. The number of pyridine rings is 1. The average molecular weight is 356 g/mol. The molecule has 0 bridgehead atoms. The summed E-state index contributed by atoms with van der Waals surface area (Å²) in [5.74, 6) is 0.301. The number of phenols is 1. The zero-order valence-electron chi connectivity index (χ0n) is 15.1. The van der Waals surface area contributed by atoms with E-state index in [1.807, 2.05) is 31.2 Å². The third kappa shape index (κ3) is 2.52. The number of carbonyl (C=O) groups is 1. The number of ketones is 1. The normalized spacial score (nSPS) is 18.9. The van der Waals surface area contributed by atoms with Crippen LogP contribution < -0.4 is 5.32 Å². The number of hydrogen-bond donors (Lipinski definition) is 2. The molecule has 0 spiro atoms. The summed E-state index contributed by atoms with van der Waals surface area (Å²) in [6.45, 7) is 1.99. The van der Waals surface area contributed by atoms with E-state index in [2.05, 4.69) is 22.4 Å². The average Bonchev–Trinajstić information content (AvgIpc) is 2.67. The third-order valence-corrected chi connectivity index (χ3v) is 5.60. The Morgan fingerprint density at radius 2 is 1.85 bits per heavy atom. The lowest BCUT2D eigenvalue weighted by Gasteiger charge is -2.34. The molecular weight excluding hydrogens is 336 g/mol. The molecule has 1 aliphatic heterocycles. The standard InChI is InChI=1S/C23H20N2O2/c1-13-5-10-16-17(24-13)11-12-19-22(16)21(14-6-8-15(26)9-7-14)23-18(25-19)3-2-4-20(23)27/h5-12,21,25-26H,2-4H2,1H3. The number of fused-ring (bicyclic) bond motifs is 3. The largest absolute Gasteiger partial charge is 0.508 e. The van der Waals surface area contributed by atoms with E-state index < -0.39 is 0 Å². The Bertz CT molecular complexity index is 1110. The molecule has 0 saturated carbocycles. The molecule has 1 unspecified atom stereocenters. The highest BCUT2D eigenvalue weighted by molar-refractivity contribution is 6.03. The van der Waals surface area contributed by atoms with Crippen LogP contribution in [0.2, 0.25) is 0 Å². The Hall–Kier alpha value is -3.14. The Labute approximate surface area is 157 Å². The second-order valence-corrected chi connectivity index (χ2v) is 7.36. The summed E-state index contributed by atoms with van der Waals surface area (Å²) in [5.41, 5.74) is 6.97. The molecule has 2 N–H and O–H groups in total. The van der Waals surface area contributed by atoms with Gasteiger partial charge < -0.3 is 10.4 Å². The van der Waals surface area contributed by atoms with Crippen LogP contribution in [0.4, 0.5) is 5.69 Å². The lowest BCUT2D eigenvalue weighted by atomic mass is 9.74. The first kappa shape index (κ1) is 16.1. The predicted molar refractivity (Wildman–Crippen MR) is 106 cm³/mol. The van der Waals surface area contributed by atoms with Gasteiger partial charge in [-0.1, -0.05) is 18.2 Å². The van der Waals surface area contributed by atoms with Crippen molar-refractivity contribution in [2.45, 2.75) is 32.1 Å². The lowest BCUT2D eigenvalue weighted by Crippen LogP contribution is -2.27. The molecule has 0 fully saturated rings. The predicted octanol–water partition coefficient (Wildman–Crippen LogP) is 4.81. The summed E-state index contributed by atoms with van der Waals surface area (Å²) in [6, 6.07) is 15.5. The number of hydrogen-bond acceptors (Lipinski definition) is 4. The van der Waals surface area contributed by atoms with Crippen LogP contribution >= 0.6 is 0 Å². The molecule has 3 aromatic rings. The Morgan fingerprint density at radius 3 is 2.67 bits per heavy atom. The first-order valence-electron chi connectivity index (χ1n) is 9.34. The van der Waals surface area contributed by atoms with Crippen LogP contribution in [0.25, 0.3) is 10.9 Å². The zero-order chi connectivity index (χ0) is 18.5. The maximum atomic E-state index is 12.9. The molecule has 2 heterocycles. The molecule has 1 aliphatic carbocycles. The second-order valence-electron chi connectivity index (χ2n) is 7.36. The van der Waals surface area contributed by atoms with Gasteiger partial charge in [-0.2, -0.15) is 0 Å². The van der Waals surface area contributed by atoms with Gasteiger partial charge in [0.05, 0.1) is 5.52 Å². The molecule has 0 saturated heterocycles. The van der Waals surface area contributed by atoms with E-state index in [-0.39, 0.29) is 17.5 Å². The topological polar surface area (TPSA) is 62.2 Å². The van der Waals surface area contributed by atoms with Crippen LogP contribution in [0.3, 0.4) is 0 Å². The van der Waals surface area contributed by atoms with Crippen LogP contribution in [0.5, 0.6) is 5.75 Å². The molecule has 5 rings (SSSR count). The summed E-state index contributed by atoms with van der Waals surface area (Å²) in [4.78, 5) is 17.6. The van der Waals surface area contributed by atoms with E-state index in [9.17, 15) is 9.90 Å². The van der Waals surface area contributed by atoms with Crippen LogP contribution in [-0.2, 0) is 4.79 Å². The lowest BCUT2D eigenvalue weighted by molar-refractivity contribution is -0.116. The van der Waals surface area contributed by atoms with Gasteiger partial charge in [-0.15, -0.1) is 0 Å². The van der Waals surface area contributed by atoms with E-state index in [0.717, 1.165) is 57.5 Å². The van der Waals surface area contributed by atoms with Crippen molar-refractivity contribution in [1.29, 1.82) is 0 Å². The van der Waals surface area contributed by atoms with E-state index in [4.69, 9.17) is 0 Å². The summed E-state index contributed by atoms with van der Waals surface area (Å²) in [7, 11) is 0. The van der Waals surface area contributed by atoms with E-state index in [0.29, 0.717) is 6.42 Å². The van der Waals surface area contributed by atoms with Crippen LogP contribution in [-0.4, -0.2) is 15.9 Å². The van der Waals surface area contributed by atoms with Crippen LogP contribution in [0.1, 0.15) is 42.0 Å². The summed E-state index contributed by atoms with van der Waals surface area (Å²) in [5, 5.41) is 14.3. The van der Waals surface area contributed by atoms with Crippen molar-refractivity contribution in [2.24, 2.45) is 0 Å².